The van der Waals surface area contributed by atoms with Gasteiger partial charge in [0.15, 0.2) is 0 Å². The number of ether oxygens (including phenoxy) is 1. The summed E-state index contributed by atoms with van der Waals surface area (Å²) in [6.07, 6.45) is 6.03. The molecule has 1 aliphatic carbocycles. The summed E-state index contributed by atoms with van der Waals surface area (Å²) < 4.78 is 5.39. The van der Waals surface area contributed by atoms with Crippen molar-refractivity contribution < 1.29 is 19.4 Å². The average molecular weight is 296 g/mol. The summed E-state index contributed by atoms with van der Waals surface area (Å²) in [5.74, 6) is -1.09. The zero-order valence-electron chi connectivity index (χ0n) is 11.9. The van der Waals surface area contributed by atoms with E-state index < -0.39 is 18.0 Å². The molecule has 0 spiro atoms. The van der Waals surface area contributed by atoms with E-state index in [9.17, 15) is 9.59 Å². The molecular weight excluding hydrogens is 276 g/mol. The second kappa shape index (κ2) is 6.57. The third-order valence-electron chi connectivity index (χ3n) is 3.85. The van der Waals surface area contributed by atoms with Crippen LogP contribution in [0, 0.1) is 0 Å². The van der Waals surface area contributed by atoms with E-state index in [-0.39, 0.29) is 12.0 Å². The minimum Gasteiger partial charge on any atom is -0.480 e. The molecule has 1 saturated carbocycles. The zero-order chi connectivity index (χ0) is 15.3. The predicted octanol–water partition coefficient (Wildman–Crippen LogP) is 0.274. The van der Waals surface area contributed by atoms with Gasteiger partial charge < -0.3 is 25.5 Å². The molecule has 1 heterocycles. The first-order valence-electron chi connectivity index (χ1n) is 6.84. The van der Waals surface area contributed by atoms with Gasteiger partial charge in [-0.15, -0.1) is 0 Å². The molecule has 1 aromatic rings. The lowest BCUT2D eigenvalue weighted by molar-refractivity contribution is -0.139. The number of imidazole rings is 1. The van der Waals surface area contributed by atoms with E-state index in [0.717, 1.165) is 19.3 Å². The predicted molar refractivity (Wildman–Crippen MR) is 73.8 cm³/mol. The molecule has 8 heteroatoms. The van der Waals surface area contributed by atoms with E-state index in [4.69, 9.17) is 9.84 Å². The quantitative estimate of drug-likeness (QED) is 0.576. The molecule has 0 unspecified atom stereocenters. The van der Waals surface area contributed by atoms with Crippen molar-refractivity contribution in [2.75, 3.05) is 13.7 Å². The van der Waals surface area contributed by atoms with Crippen LogP contribution in [0.15, 0.2) is 12.5 Å². The Bertz CT molecular complexity index is 479. The van der Waals surface area contributed by atoms with Gasteiger partial charge in [-0.3, -0.25) is 0 Å². The number of aromatic amines is 1. The fourth-order valence-corrected chi connectivity index (χ4v) is 2.29. The van der Waals surface area contributed by atoms with E-state index >= 15 is 0 Å². The van der Waals surface area contributed by atoms with E-state index in [1.165, 1.54) is 12.5 Å². The minimum absolute atomic E-state index is 0.151. The lowest BCUT2D eigenvalue weighted by Gasteiger charge is -2.40. The number of carbonyl (C=O) groups excluding carboxylic acids is 1. The molecule has 0 aliphatic heterocycles. The Morgan fingerprint density at radius 3 is 2.81 bits per heavy atom. The molecule has 0 radical (unpaired) electrons. The number of hydrogen-bond acceptors (Lipinski definition) is 4. The number of H-pyrrole nitrogens is 1. The van der Waals surface area contributed by atoms with Crippen LogP contribution in [0.4, 0.5) is 4.79 Å². The van der Waals surface area contributed by atoms with Crippen LogP contribution < -0.4 is 10.6 Å². The first-order valence-corrected chi connectivity index (χ1v) is 6.84. The first kappa shape index (κ1) is 15.3. The number of nitrogens with one attached hydrogen (secondary N) is 3. The summed E-state index contributed by atoms with van der Waals surface area (Å²) in [6.45, 7) is 0.381. The molecule has 1 aliphatic rings. The van der Waals surface area contributed by atoms with Crippen LogP contribution in [0.3, 0.4) is 0 Å². The highest BCUT2D eigenvalue weighted by molar-refractivity contribution is 5.82. The Kier molecular flexibility index (Phi) is 4.79. The average Bonchev–Trinajstić information content (AvgIpc) is 2.90. The van der Waals surface area contributed by atoms with Gasteiger partial charge in [-0.05, 0) is 19.3 Å². The van der Waals surface area contributed by atoms with E-state index in [1.807, 2.05) is 0 Å². The molecule has 2 amide bonds. The van der Waals surface area contributed by atoms with E-state index in [0.29, 0.717) is 12.2 Å². The number of aromatic nitrogens is 2. The molecule has 1 atom stereocenters. The van der Waals surface area contributed by atoms with Crippen molar-refractivity contribution in [3.05, 3.63) is 18.2 Å². The summed E-state index contributed by atoms with van der Waals surface area (Å²) in [7, 11) is 1.62. The van der Waals surface area contributed by atoms with Crippen molar-refractivity contribution in [3.63, 3.8) is 0 Å². The van der Waals surface area contributed by atoms with Crippen LogP contribution >= 0.6 is 0 Å². The Morgan fingerprint density at radius 1 is 1.57 bits per heavy atom. The number of aliphatic carboxylic acids is 1. The maximum atomic E-state index is 11.8. The number of rotatable bonds is 7. The van der Waals surface area contributed by atoms with Crippen molar-refractivity contribution in [2.24, 2.45) is 0 Å². The van der Waals surface area contributed by atoms with Crippen molar-refractivity contribution in [1.29, 1.82) is 0 Å². The van der Waals surface area contributed by atoms with Crippen LogP contribution in [0.25, 0.3) is 0 Å². The molecule has 116 valence electrons. The van der Waals surface area contributed by atoms with Gasteiger partial charge in [-0.25, -0.2) is 14.6 Å². The van der Waals surface area contributed by atoms with Gasteiger partial charge in [0.2, 0.25) is 0 Å². The van der Waals surface area contributed by atoms with Crippen LogP contribution in [0.1, 0.15) is 25.0 Å². The number of carboxylic acids is 1. The lowest BCUT2D eigenvalue weighted by atomic mass is 9.80. The van der Waals surface area contributed by atoms with Gasteiger partial charge in [0.25, 0.3) is 0 Å². The Balaban J connectivity index is 1.82. The molecule has 8 nitrogen and oxygen atoms in total. The van der Waals surface area contributed by atoms with Gasteiger partial charge in [0.1, 0.15) is 6.04 Å². The van der Waals surface area contributed by atoms with Gasteiger partial charge in [-0.2, -0.15) is 0 Å². The van der Waals surface area contributed by atoms with Crippen molar-refractivity contribution in [2.45, 2.75) is 37.3 Å². The number of hydrogen-bond donors (Lipinski definition) is 4. The summed E-state index contributed by atoms with van der Waals surface area (Å²) in [6, 6.07) is -1.52. The highest BCUT2D eigenvalue weighted by Crippen LogP contribution is 2.34. The highest BCUT2D eigenvalue weighted by Gasteiger charge is 2.37. The summed E-state index contributed by atoms with van der Waals surface area (Å²) in [4.78, 5) is 29.6. The summed E-state index contributed by atoms with van der Waals surface area (Å²) in [5.41, 5.74) is 0.356. The molecule has 21 heavy (non-hydrogen) atoms. The molecule has 0 aromatic carbocycles. The third-order valence-corrected chi connectivity index (χ3v) is 3.85. The highest BCUT2D eigenvalue weighted by atomic mass is 16.5. The lowest BCUT2D eigenvalue weighted by Crippen LogP contribution is -2.54. The Labute approximate surface area is 122 Å². The van der Waals surface area contributed by atoms with Crippen LogP contribution in [0.5, 0.6) is 0 Å². The van der Waals surface area contributed by atoms with Crippen molar-refractivity contribution >= 4 is 12.0 Å². The number of carboxylic acid groups (broad SMARTS) is 1. The number of amides is 2. The van der Waals surface area contributed by atoms with Gasteiger partial charge >= 0.3 is 12.0 Å². The molecular formula is C13H20N4O4. The Hall–Kier alpha value is -2.09. The van der Waals surface area contributed by atoms with Gasteiger partial charge in [0, 0.05) is 32.0 Å². The summed E-state index contributed by atoms with van der Waals surface area (Å²) >= 11 is 0. The normalized spacial score (nSPS) is 17.6. The largest absolute Gasteiger partial charge is 0.480 e. The van der Waals surface area contributed by atoms with E-state index in [2.05, 4.69) is 20.6 Å². The first-order chi connectivity index (χ1) is 10.0. The smallest absolute Gasteiger partial charge is 0.326 e. The standard InChI is InChI=1S/C13H20N4O4/c1-21-13(3-2-4-13)7-15-12(20)17-10(11(18)19)5-9-6-14-8-16-9/h6,8,10H,2-5,7H2,1H3,(H,14,16)(H,18,19)(H2,15,17,20)/t10-/m1/s1. The number of nitrogens with zero attached hydrogens (tertiary/aromatic N) is 1. The van der Waals surface area contributed by atoms with Crippen LogP contribution in [-0.2, 0) is 16.0 Å². The maximum absolute atomic E-state index is 11.8. The fraction of sp³-hybridized carbons (Fsp3) is 0.615. The molecule has 0 saturated heterocycles. The molecule has 2 rings (SSSR count). The topological polar surface area (TPSA) is 116 Å². The monoisotopic (exact) mass is 296 g/mol. The van der Waals surface area contributed by atoms with Crippen LogP contribution in [0.2, 0.25) is 0 Å². The minimum atomic E-state index is -1.09. The number of methoxy groups -OCH3 is 1. The van der Waals surface area contributed by atoms with Gasteiger partial charge in [0.05, 0.1) is 11.9 Å². The number of urea groups is 1. The maximum Gasteiger partial charge on any atom is 0.326 e. The fourth-order valence-electron chi connectivity index (χ4n) is 2.29. The van der Waals surface area contributed by atoms with E-state index in [1.54, 1.807) is 7.11 Å². The second-order valence-electron chi connectivity index (χ2n) is 5.24. The van der Waals surface area contributed by atoms with Crippen LogP contribution in [-0.4, -0.2) is 52.4 Å². The van der Waals surface area contributed by atoms with Gasteiger partial charge in [-0.1, -0.05) is 0 Å². The third kappa shape index (κ3) is 3.94. The van der Waals surface area contributed by atoms with Crippen molar-refractivity contribution in [3.8, 4) is 0 Å². The van der Waals surface area contributed by atoms with Crippen molar-refractivity contribution in [1.82, 2.24) is 20.6 Å². The number of carbonyl (C=O) groups is 2. The summed E-state index contributed by atoms with van der Waals surface area (Å²) in [5, 5.41) is 14.3. The second-order valence-corrected chi connectivity index (χ2v) is 5.24. The molecule has 1 fully saturated rings. The molecule has 0 bridgehead atoms. The molecule has 1 aromatic heterocycles. The Morgan fingerprint density at radius 2 is 2.33 bits per heavy atom. The molecule has 4 N–H and O–H groups in total. The SMILES string of the molecule is COC1(CNC(=O)N[C@H](Cc2cnc[nH]2)C(=O)O)CCC1. The zero-order valence-corrected chi connectivity index (χ0v) is 11.9.